The average molecular weight is 254 g/mol. The largest absolute Gasteiger partial charge is 0.325 e. The van der Waals surface area contributed by atoms with E-state index in [0.29, 0.717) is 0 Å². The second-order valence-corrected chi connectivity index (χ2v) is 6.45. The normalized spacial score (nSPS) is 25.3. The minimum absolute atomic E-state index is 0.196. The maximum Gasteiger partial charge on any atom is 0.0166 e. The van der Waals surface area contributed by atoms with Crippen LogP contribution in [0, 0.1) is 0 Å². The molecule has 2 fully saturated rings. The average Bonchev–Trinajstić information content (AvgIpc) is 2.33. The molecule has 4 heteroatoms. The molecule has 2 rings (SSSR count). The number of hydrogen-bond acceptors (Lipinski definition) is 4. The predicted octanol–water partition coefficient (Wildman–Crippen LogP) is 0.437. The van der Waals surface area contributed by atoms with Gasteiger partial charge in [0.2, 0.25) is 0 Å². The van der Waals surface area contributed by atoms with Gasteiger partial charge in [-0.15, -0.1) is 0 Å². The Morgan fingerprint density at radius 1 is 1.00 bits per heavy atom. The Labute approximate surface area is 112 Å². The van der Waals surface area contributed by atoms with E-state index in [9.17, 15) is 0 Å². The summed E-state index contributed by atoms with van der Waals surface area (Å²) in [7, 11) is 4.30. The van der Waals surface area contributed by atoms with Gasteiger partial charge < -0.3 is 15.5 Å². The summed E-state index contributed by atoms with van der Waals surface area (Å²) in [6.07, 6.45) is 5.03. The lowest BCUT2D eigenvalue weighted by Crippen LogP contribution is -2.52. The Balaban J connectivity index is 1.58. The van der Waals surface area contributed by atoms with Gasteiger partial charge in [0.1, 0.15) is 0 Å². The molecular formula is C14H30N4. The molecule has 2 N–H and O–H groups in total. The van der Waals surface area contributed by atoms with Crippen LogP contribution >= 0.6 is 0 Å². The first-order chi connectivity index (χ1) is 8.57. The highest BCUT2D eigenvalue weighted by molar-refractivity contribution is 4.93. The molecule has 0 bridgehead atoms. The van der Waals surface area contributed by atoms with Gasteiger partial charge in [0, 0.05) is 44.8 Å². The molecule has 18 heavy (non-hydrogen) atoms. The van der Waals surface area contributed by atoms with Gasteiger partial charge in [-0.1, -0.05) is 0 Å². The summed E-state index contributed by atoms with van der Waals surface area (Å²) in [5.41, 5.74) is 6.48. The summed E-state index contributed by atoms with van der Waals surface area (Å²) >= 11 is 0. The summed E-state index contributed by atoms with van der Waals surface area (Å²) in [5.74, 6) is 0. The Hall–Kier alpha value is -0.160. The molecule has 0 atom stereocenters. The summed E-state index contributed by atoms with van der Waals surface area (Å²) in [4.78, 5) is 7.44. The molecular weight excluding hydrogens is 224 g/mol. The van der Waals surface area contributed by atoms with E-state index >= 15 is 0 Å². The van der Waals surface area contributed by atoms with Crippen molar-refractivity contribution in [2.75, 3.05) is 59.9 Å². The smallest absolute Gasteiger partial charge is 0.0166 e. The molecule has 0 spiro atoms. The zero-order valence-electron chi connectivity index (χ0n) is 12.2. The Morgan fingerprint density at radius 2 is 1.56 bits per heavy atom. The fourth-order valence-corrected chi connectivity index (χ4v) is 2.84. The van der Waals surface area contributed by atoms with E-state index in [0.717, 1.165) is 0 Å². The first-order valence-corrected chi connectivity index (χ1v) is 7.46. The van der Waals surface area contributed by atoms with Crippen molar-refractivity contribution in [2.45, 2.75) is 31.2 Å². The van der Waals surface area contributed by atoms with Crippen molar-refractivity contribution in [3.05, 3.63) is 0 Å². The molecule has 1 aliphatic heterocycles. The van der Waals surface area contributed by atoms with Gasteiger partial charge in [0.25, 0.3) is 0 Å². The minimum Gasteiger partial charge on any atom is -0.325 e. The van der Waals surface area contributed by atoms with Crippen LogP contribution in [0.4, 0.5) is 0 Å². The first-order valence-electron chi connectivity index (χ1n) is 7.46. The third-order valence-corrected chi connectivity index (χ3v) is 4.60. The van der Waals surface area contributed by atoms with Crippen LogP contribution in [0.5, 0.6) is 0 Å². The molecule has 0 aromatic carbocycles. The maximum atomic E-state index is 6.29. The summed E-state index contributed by atoms with van der Waals surface area (Å²) < 4.78 is 0. The van der Waals surface area contributed by atoms with Crippen molar-refractivity contribution in [1.29, 1.82) is 0 Å². The molecule has 106 valence electrons. The number of nitrogens with two attached hydrogens (primary N) is 1. The van der Waals surface area contributed by atoms with Gasteiger partial charge in [-0.05, 0) is 46.3 Å². The standard InChI is InChI=1S/C14H30N4/c1-16(2)8-9-18-12-10-17(11-13-18)7-6-14(15)4-3-5-14/h3-13,15H2,1-2H3. The van der Waals surface area contributed by atoms with Crippen LogP contribution in [0.1, 0.15) is 25.7 Å². The predicted molar refractivity (Wildman–Crippen MR) is 76.8 cm³/mol. The Morgan fingerprint density at radius 3 is 2.00 bits per heavy atom. The van der Waals surface area contributed by atoms with E-state index in [2.05, 4.69) is 28.8 Å². The third-order valence-electron chi connectivity index (χ3n) is 4.60. The third kappa shape index (κ3) is 4.19. The monoisotopic (exact) mass is 254 g/mol. The first kappa shape index (κ1) is 14.3. The van der Waals surface area contributed by atoms with Crippen LogP contribution in [-0.4, -0.2) is 80.1 Å². The molecule has 0 unspecified atom stereocenters. The number of nitrogens with zero attached hydrogens (tertiary/aromatic N) is 3. The van der Waals surface area contributed by atoms with Crippen LogP contribution in [-0.2, 0) is 0 Å². The van der Waals surface area contributed by atoms with E-state index in [4.69, 9.17) is 5.73 Å². The van der Waals surface area contributed by atoms with Gasteiger partial charge in [-0.3, -0.25) is 4.90 Å². The Kier molecular flexibility index (Phi) is 5.01. The van der Waals surface area contributed by atoms with Gasteiger partial charge in [0.15, 0.2) is 0 Å². The van der Waals surface area contributed by atoms with Gasteiger partial charge in [-0.2, -0.15) is 0 Å². The molecule has 1 heterocycles. The lowest BCUT2D eigenvalue weighted by atomic mass is 9.75. The fourth-order valence-electron chi connectivity index (χ4n) is 2.84. The van der Waals surface area contributed by atoms with E-state index in [1.54, 1.807) is 0 Å². The molecule has 0 aromatic rings. The second-order valence-electron chi connectivity index (χ2n) is 6.45. The lowest BCUT2D eigenvalue weighted by molar-refractivity contribution is 0.108. The van der Waals surface area contributed by atoms with Crippen LogP contribution in [0.25, 0.3) is 0 Å². The highest BCUT2D eigenvalue weighted by atomic mass is 15.3. The van der Waals surface area contributed by atoms with E-state index < -0.39 is 0 Å². The number of rotatable bonds is 6. The zero-order valence-corrected chi connectivity index (χ0v) is 12.2. The van der Waals surface area contributed by atoms with Gasteiger partial charge in [0.05, 0.1) is 0 Å². The highest BCUT2D eigenvalue weighted by Gasteiger charge is 2.32. The summed E-state index contributed by atoms with van der Waals surface area (Å²) in [5, 5.41) is 0. The van der Waals surface area contributed by atoms with E-state index in [1.165, 1.54) is 71.5 Å². The van der Waals surface area contributed by atoms with Gasteiger partial charge in [-0.25, -0.2) is 0 Å². The molecule has 0 radical (unpaired) electrons. The van der Waals surface area contributed by atoms with E-state index in [1.807, 2.05) is 0 Å². The van der Waals surface area contributed by atoms with Crippen molar-refractivity contribution in [3.63, 3.8) is 0 Å². The van der Waals surface area contributed by atoms with Crippen molar-refractivity contribution in [2.24, 2.45) is 5.73 Å². The quantitative estimate of drug-likeness (QED) is 0.746. The number of piperazine rings is 1. The van der Waals surface area contributed by atoms with Crippen LogP contribution < -0.4 is 5.73 Å². The maximum absolute atomic E-state index is 6.29. The molecule has 1 saturated carbocycles. The molecule has 4 nitrogen and oxygen atoms in total. The Bertz CT molecular complexity index is 242. The zero-order chi connectivity index (χ0) is 13.0. The number of likely N-dealkylation sites (N-methyl/N-ethyl adjacent to an activating group) is 1. The van der Waals surface area contributed by atoms with Crippen LogP contribution in [0.3, 0.4) is 0 Å². The minimum atomic E-state index is 0.196. The summed E-state index contributed by atoms with van der Waals surface area (Å²) in [6.45, 7) is 8.50. The molecule has 2 aliphatic rings. The number of hydrogen-bond donors (Lipinski definition) is 1. The van der Waals surface area contributed by atoms with Crippen LogP contribution in [0.15, 0.2) is 0 Å². The van der Waals surface area contributed by atoms with Crippen molar-refractivity contribution >= 4 is 0 Å². The topological polar surface area (TPSA) is 35.7 Å². The molecule has 0 amide bonds. The van der Waals surface area contributed by atoms with Crippen molar-refractivity contribution in [3.8, 4) is 0 Å². The molecule has 1 saturated heterocycles. The van der Waals surface area contributed by atoms with Crippen molar-refractivity contribution in [1.82, 2.24) is 14.7 Å². The summed E-state index contributed by atoms with van der Waals surface area (Å²) in [6, 6.07) is 0. The van der Waals surface area contributed by atoms with Crippen LogP contribution in [0.2, 0.25) is 0 Å². The fraction of sp³-hybridized carbons (Fsp3) is 1.00. The molecule has 0 aromatic heterocycles. The van der Waals surface area contributed by atoms with Crippen molar-refractivity contribution < 1.29 is 0 Å². The molecule has 1 aliphatic carbocycles. The van der Waals surface area contributed by atoms with E-state index in [-0.39, 0.29) is 5.54 Å². The second kappa shape index (κ2) is 6.33. The lowest BCUT2D eigenvalue weighted by Gasteiger charge is -2.41. The SMILES string of the molecule is CN(C)CCN1CCN(CCC2(N)CCC2)CC1. The highest BCUT2D eigenvalue weighted by Crippen LogP contribution is 2.32. The van der Waals surface area contributed by atoms with Gasteiger partial charge >= 0.3 is 0 Å².